The number of rotatable bonds is 5. The van der Waals surface area contributed by atoms with Gasteiger partial charge in [-0.2, -0.15) is 0 Å². The van der Waals surface area contributed by atoms with E-state index >= 15 is 0 Å². The highest BCUT2D eigenvalue weighted by Gasteiger charge is 1.95. The molecule has 15 heavy (non-hydrogen) atoms. The monoisotopic (exact) mass is 271 g/mol. The molecule has 4 nitrogen and oxygen atoms in total. The second-order valence-corrected chi connectivity index (χ2v) is 3.92. The van der Waals surface area contributed by atoms with Crippen LogP contribution < -0.4 is 10.6 Å². The van der Waals surface area contributed by atoms with Gasteiger partial charge in [-0.3, -0.25) is 4.79 Å². The molecule has 0 spiro atoms. The van der Waals surface area contributed by atoms with Gasteiger partial charge in [0.05, 0.1) is 5.69 Å². The molecule has 1 heterocycles. The number of hydrogen-bond donors (Lipinski definition) is 2. The molecule has 1 aromatic rings. The van der Waals surface area contributed by atoms with Crippen molar-refractivity contribution in [2.45, 2.75) is 13.5 Å². The van der Waals surface area contributed by atoms with Gasteiger partial charge >= 0.3 is 0 Å². The standard InChI is InChI=1S/C10H14BrN3O/c1-8(15)13-6-5-12-7-9-3-2-4-10(11)14-9/h2-4,12H,5-7H2,1H3,(H,13,15). The largest absolute Gasteiger partial charge is 0.355 e. The molecule has 0 aliphatic carbocycles. The summed E-state index contributed by atoms with van der Waals surface area (Å²) in [5.74, 6) is -0.00243. The zero-order valence-corrected chi connectivity index (χ0v) is 10.2. The van der Waals surface area contributed by atoms with Crippen molar-refractivity contribution < 1.29 is 4.79 Å². The van der Waals surface area contributed by atoms with Crippen molar-refractivity contribution in [3.05, 3.63) is 28.5 Å². The molecular formula is C10H14BrN3O. The van der Waals surface area contributed by atoms with Crippen LogP contribution in [-0.4, -0.2) is 24.0 Å². The topological polar surface area (TPSA) is 54.0 Å². The number of carbonyl (C=O) groups excluding carboxylic acids is 1. The van der Waals surface area contributed by atoms with Crippen molar-refractivity contribution in [1.82, 2.24) is 15.6 Å². The molecule has 0 fully saturated rings. The van der Waals surface area contributed by atoms with E-state index in [1.165, 1.54) is 6.92 Å². The SMILES string of the molecule is CC(=O)NCCNCc1cccc(Br)n1. The van der Waals surface area contributed by atoms with E-state index in [-0.39, 0.29) is 5.91 Å². The van der Waals surface area contributed by atoms with Gasteiger partial charge < -0.3 is 10.6 Å². The molecule has 5 heteroatoms. The predicted molar refractivity (Wildman–Crippen MR) is 62.3 cm³/mol. The summed E-state index contributed by atoms with van der Waals surface area (Å²) in [6.45, 7) is 3.60. The van der Waals surface area contributed by atoms with E-state index in [9.17, 15) is 4.79 Å². The van der Waals surface area contributed by atoms with Crippen LogP contribution in [0, 0.1) is 0 Å². The Labute approximate surface area is 97.6 Å². The van der Waals surface area contributed by atoms with Gasteiger partial charge in [0.15, 0.2) is 0 Å². The van der Waals surface area contributed by atoms with E-state index < -0.39 is 0 Å². The van der Waals surface area contributed by atoms with Crippen LogP contribution in [0.4, 0.5) is 0 Å². The first-order valence-electron chi connectivity index (χ1n) is 4.75. The molecule has 1 amide bonds. The Bertz CT molecular complexity index is 330. The average molecular weight is 272 g/mol. The summed E-state index contributed by atoms with van der Waals surface area (Å²) in [4.78, 5) is 14.8. The Kier molecular flexibility index (Phi) is 5.28. The van der Waals surface area contributed by atoms with Crippen LogP contribution in [0.1, 0.15) is 12.6 Å². The van der Waals surface area contributed by atoms with Crippen LogP contribution in [0.25, 0.3) is 0 Å². The first-order chi connectivity index (χ1) is 7.18. The van der Waals surface area contributed by atoms with Crippen LogP contribution in [0.3, 0.4) is 0 Å². The molecule has 0 aliphatic rings. The minimum Gasteiger partial charge on any atom is -0.355 e. The van der Waals surface area contributed by atoms with Gasteiger partial charge in [-0.15, -0.1) is 0 Å². The van der Waals surface area contributed by atoms with Crippen molar-refractivity contribution in [2.75, 3.05) is 13.1 Å². The van der Waals surface area contributed by atoms with Crippen molar-refractivity contribution in [1.29, 1.82) is 0 Å². The second kappa shape index (κ2) is 6.53. The summed E-state index contributed by atoms with van der Waals surface area (Å²) in [6.07, 6.45) is 0. The molecule has 0 atom stereocenters. The van der Waals surface area contributed by atoms with Gasteiger partial charge in [-0.1, -0.05) is 6.07 Å². The summed E-state index contributed by atoms with van der Waals surface area (Å²) < 4.78 is 0.837. The smallest absolute Gasteiger partial charge is 0.216 e. The van der Waals surface area contributed by atoms with Gasteiger partial charge in [0.2, 0.25) is 5.91 Å². The van der Waals surface area contributed by atoms with Gasteiger partial charge in [0, 0.05) is 26.6 Å². The van der Waals surface area contributed by atoms with E-state index in [1.807, 2.05) is 18.2 Å². The highest BCUT2D eigenvalue weighted by Crippen LogP contribution is 2.05. The van der Waals surface area contributed by atoms with Crippen LogP contribution in [0.15, 0.2) is 22.8 Å². The second-order valence-electron chi connectivity index (χ2n) is 3.11. The summed E-state index contributed by atoms with van der Waals surface area (Å²) in [5.41, 5.74) is 0.979. The molecule has 0 unspecified atom stereocenters. The Morgan fingerprint density at radius 2 is 2.27 bits per heavy atom. The number of pyridine rings is 1. The van der Waals surface area contributed by atoms with Crippen LogP contribution >= 0.6 is 15.9 Å². The fourth-order valence-corrected chi connectivity index (χ4v) is 1.47. The summed E-state index contributed by atoms with van der Waals surface area (Å²) in [5, 5.41) is 5.90. The van der Waals surface area contributed by atoms with E-state index in [0.29, 0.717) is 13.1 Å². The molecule has 82 valence electrons. The molecule has 0 bridgehead atoms. The maximum atomic E-state index is 10.6. The zero-order chi connectivity index (χ0) is 11.1. The third kappa shape index (κ3) is 5.49. The minimum absolute atomic E-state index is 0.00243. The lowest BCUT2D eigenvalue weighted by molar-refractivity contribution is -0.118. The fourth-order valence-electron chi connectivity index (χ4n) is 1.09. The lowest BCUT2D eigenvalue weighted by Gasteiger charge is -2.04. The lowest BCUT2D eigenvalue weighted by Crippen LogP contribution is -2.30. The van der Waals surface area contributed by atoms with Crippen LogP contribution in [0.2, 0.25) is 0 Å². The summed E-state index contributed by atoms with van der Waals surface area (Å²) in [6, 6.07) is 5.79. The molecule has 0 radical (unpaired) electrons. The molecule has 0 aliphatic heterocycles. The number of nitrogens with zero attached hydrogens (tertiary/aromatic N) is 1. The van der Waals surface area contributed by atoms with Crippen molar-refractivity contribution >= 4 is 21.8 Å². The van der Waals surface area contributed by atoms with E-state index in [1.54, 1.807) is 0 Å². The predicted octanol–water partition coefficient (Wildman–Crippen LogP) is 1.07. The van der Waals surface area contributed by atoms with Crippen molar-refractivity contribution in [2.24, 2.45) is 0 Å². The zero-order valence-electron chi connectivity index (χ0n) is 8.59. The normalized spacial score (nSPS) is 10.0. The minimum atomic E-state index is -0.00243. The maximum Gasteiger partial charge on any atom is 0.216 e. The van der Waals surface area contributed by atoms with Gasteiger partial charge in [0.25, 0.3) is 0 Å². The molecular weight excluding hydrogens is 258 g/mol. The maximum absolute atomic E-state index is 10.6. The van der Waals surface area contributed by atoms with Gasteiger partial charge in [0.1, 0.15) is 4.60 Å². The van der Waals surface area contributed by atoms with Crippen molar-refractivity contribution in [3.8, 4) is 0 Å². The highest BCUT2D eigenvalue weighted by molar-refractivity contribution is 9.10. The van der Waals surface area contributed by atoms with Gasteiger partial charge in [-0.05, 0) is 28.1 Å². The van der Waals surface area contributed by atoms with Crippen LogP contribution in [0.5, 0.6) is 0 Å². The molecule has 0 saturated heterocycles. The number of hydrogen-bond acceptors (Lipinski definition) is 3. The Morgan fingerprint density at radius 1 is 1.47 bits per heavy atom. The van der Waals surface area contributed by atoms with Crippen molar-refractivity contribution in [3.63, 3.8) is 0 Å². The molecule has 1 aromatic heterocycles. The Morgan fingerprint density at radius 3 is 2.93 bits per heavy atom. The number of carbonyl (C=O) groups is 1. The molecule has 1 rings (SSSR count). The van der Waals surface area contributed by atoms with Gasteiger partial charge in [-0.25, -0.2) is 4.98 Å². The quantitative estimate of drug-likeness (QED) is 0.622. The van der Waals surface area contributed by atoms with E-state index in [0.717, 1.165) is 16.8 Å². The highest BCUT2D eigenvalue weighted by atomic mass is 79.9. The number of nitrogens with one attached hydrogen (secondary N) is 2. The number of aromatic nitrogens is 1. The molecule has 0 aromatic carbocycles. The summed E-state index contributed by atoms with van der Waals surface area (Å²) >= 11 is 3.31. The van der Waals surface area contributed by atoms with E-state index in [4.69, 9.17) is 0 Å². The average Bonchev–Trinajstić information content (AvgIpc) is 2.17. The third-order valence-electron chi connectivity index (χ3n) is 1.75. The Balaban J connectivity index is 2.17. The first-order valence-corrected chi connectivity index (χ1v) is 5.54. The first kappa shape index (κ1) is 12.1. The fraction of sp³-hybridized carbons (Fsp3) is 0.400. The Hall–Kier alpha value is -0.940. The van der Waals surface area contributed by atoms with Crippen LogP contribution in [-0.2, 0) is 11.3 Å². The molecule has 2 N–H and O–H groups in total. The molecule has 0 saturated carbocycles. The summed E-state index contributed by atoms with van der Waals surface area (Å²) in [7, 11) is 0. The van der Waals surface area contributed by atoms with E-state index in [2.05, 4.69) is 31.5 Å². The number of halogens is 1. The lowest BCUT2D eigenvalue weighted by atomic mass is 10.3. The third-order valence-corrected chi connectivity index (χ3v) is 2.20. The number of amides is 1.